The lowest BCUT2D eigenvalue weighted by Crippen LogP contribution is -2.60. The van der Waals surface area contributed by atoms with Gasteiger partial charge in [0.05, 0.1) is 20.3 Å². The first-order chi connectivity index (χ1) is 12.0. The van der Waals surface area contributed by atoms with Crippen LogP contribution in [0.4, 0.5) is 5.69 Å². The number of ether oxygens (including phenoxy) is 2. The average Bonchev–Trinajstić information content (AvgIpc) is 2.64. The highest BCUT2D eigenvalue weighted by atomic mass is 16.5. The number of piperazine rings is 1. The van der Waals surface area contributed by atoms with E-state index in [1.54, 1.807) is 7.11 Å². The van der Waals surface area contributed by atoms with Crippen molar-refractivity contribution in [3.63, 3.8) is 0 Å². The van der Waals surface area contributed by atoms with Gasteiger partial charge in [0, 0.05) is 56.5 Å². The van der Waals surface area contributed by atoms with E-state index in [-0.39, 0.29) is 5.54 Å². The van der Waals surface area contributed by atoms with Crippen LogP contribution in [-0.4, -0.2) is 81.0 Å². The molecule has 5 nitrogen and oxygen atoms in total. The Morgan fingerprint density at radius 1 is 1.08 bits per heavy atom. The van der Waals surface area contributed by atoms with Crippen molar-refractivity contribution >= 4 is 5.69 Å². The Hall–Kier alpha value is -1.30. The van der Waals surface area contributed by atoms with Crippen LogP contribution in [-0.2, 0) is 4.74 Å². The van der Waals surface area contributed by atoms with Gasteiger partial charge in [-0.05, 0) is 45.0 Å². The number of rotatable bonds is 5. The summed E-state index contributed by atoms with van der Waals surface area (Å²) in [5, 5.41) is 0. The summed E-state index contributed by atoms with van der Waals surface area (Å²) in [5.41, 5.74) is 1.49. The Morgan fingerprint density at radius 2 is 1.76 bits per heavy atom. The molecule has 140 valence electrons. The summed E-state index contributed by atoms with van der Waals surface area (Å²) in [6, 6.07) is 8.98. The normalized spacial score (nSPS) is 23.7. The van der Waals surface area contributed by atoms with Crippen molar-refractivity contribution in [3.8, 4) is 5.75 Å². The topological polar surface area (TPSA) is 28.2 Å². The largest absolute Gasteiger partial charge is 0.497 e. The van der Waals surface area contributed by atoms with Gasteiger partial charge in [0.25, 0.3) is 0 Å². The Kier molecular flexibility index (Phi) is 5.87. The second-order valence-corrected chi connectivity index (χ2v) is 7.88. The predicted molar refractivity (Wildman–Crippen MR) is 103 cm³/mol. The Morgan fingerprint density at radius 3 is 2.36 bits per heavy atom. The van der Waals surface area contributed by atoms with Crippen LogP contribution in [0.15, 0.2) is 24.3 Å². The molecule has 0 aliphatic carbocycles. The molecule has 1 aromatic rings. The van der Waals surface area contributed by atoms with Crippen LogP contribution < -0.4 is 9.64 Å². The van der Waals surface area contributed by atoms with E-state index >= 15 is 0 Å². The molecule has 0 saturated carbocycles. The highest BCUT2D eigenvalue weighted by Gasteiger charge is 2.33. The van der Waals surface area contributed by atoms with Crippen LogP contribution in [0.3, 0.4) is 0 Å². The Balaban J connectivity index is 1.57. The lowest BCUT2D eigenvalue weighted by atomic mass is 9.99. The molecule has 1 aromatic carbocycles. The summed E-state index contributed by atoms with van der Waals surface area (Å²) in [7, 11) is 1.71. The first-order valence-corrected chi connectivity index (χ1v) is 9.45. The summed E-state index contributed by atoms with van der Waals surface area (Å²) >= 11 is 0. The van der Waals surface area contributed by atoms with Crippen LogP contribution >= 0.6 is 0 Å². The van der Waals surface area contributed by atoms with Crippen molar-refractivity contribution < 1.29 is 9.47 Å². The molecule has 0 unspecified atom stereocenters. The van der Waals surface area contributed by atoms with E-state index in [0.717, 1.165) is 58.2 Å². The van der Waals surface area contributed by atoms with Crippen molar-refractivity contribution in [1.29, 1.82) is 0 Å². The van der Waals surface area contributed by atoms with Gasteiger partial charge in [0.15, 0.2) is 0 Å². The standard InChI is InChI=1S/C20H33N3O2/c1-17-15-21(18-5-7-19(24-4)8-6-18)9-10-22(17)16-20(2,3)23-11-13-25-14-12-23/h5-8,17H,9-16H2,1-4H3/t17-/m1/s1. The molecule has 2 fully saturated rings. The van der Waals surface area contributed by atoms with Crippen molar-refractivity contribution in [2.75, 3.05) is 64.5 Å². The molecule has 25 heavy (non-hydrogen) atoms. The van der Waals surface area contributed by atoms with Crippen LogP contribution in [0.5, 0.6) is 5.75 Å². The number of anilines is 1. The molecule has 2 saturated heterocycles. The van der Waals surface area contributed by atoms with Gasteiger partial charge in [-0.1, -0.05) is 0 Å². The minimum Gasteiger partial charge on any atom is -0.497 e. The third kappa shape index (κ3) is 4.46. The molecule has 2 aliphatic rings. The molecule has 2 aliphatic heterocycles. The summed E-state index contributed by atoms with van der Waals surface area (Å²) in [4.78, 5) is 7.72. The molecule has 0 bridgehead atoms. The van der Waals surface area contributed by atoms with Gasteiger partial charge in [-0.15, -0.1) is 0 Å². The summed E-state index contributed by atoms with van der Waals surface area (Å²) in [5.74, 6) is 0.919. The highest BCUT2D eigenvalue weighted by Crippen LogP contribution is 2.25. The van der Waals surface area contributed by atoms with Gasteiger partial charge in [-0.2, -0.15) is 0 Å². The molecule has 0 spiro atoms. The zero-order valence-corrected chi connectivity index (χ0v) is 16.2. The molecule has 0 N–H and O–H groups in total. The van der Waals surface area contributed by atoms with E-state index in [4.69, 9.17) is 9.47 Å². The molecule has 0 aromatic heterocycles. The molecule has 5 heteroatoms. The van der Waals surface area contributed by atoms with E-state index in [9.17, 15) is 0 Å². The average molecular weight is 348 g/mol. The molecule has 2 heterocycles. The van der Waals surface area contributed by atoms with E-state index in [1.165, 1.54) is 5.69 Å². The van der Waals surface area contributed by atoms with Gasteiger partial charge < -0.3 is 14.4 Å². The van der Waals surface area contributed by atoms with Crippen molar-refractivity contribution in [2.45, 2.75) is 32.4 Å². The maximum Gasteiger partial charge on any atom is 0.119 e. The fraction of sp³-hybridized carbons (Fsp3) is 0.700. The second kappa shape index (κ2) is 7.94. The summed E-state index contributed by atoms with van der Waals surface area (Å²) in [6.45, 7) is 15.3. The highest BCUT2D eigenvalue weighted by molar-refractivity contribution is 5.49. The van der Waals surface area contributed by atoms with Crippen LogP contribution in [0.25, 0.3) is 0 Å². The summed E-state index contributed by atoms with van der Waals surface area (Å²) < 4.78 is 10.8. The number of nitrogens with zero attached hydrogens (tertiary/aromatic N) is 3. The van der Waals surface area contributed by atoms with Gasteiger partial charge >= 0.3 is 0 Å². The predicted octanol–water partition coefficient (Wildman–Crippen LogP) is 2.32. The van der Waals surface area contributed by atoms with Gasteiger partial charge in [0.2, 0.25) is 0 Å². The number of morpholine rings is 1. The third-order valence-electron chi connectivity index (χ3n) is 5.66. The van der Waals surface area contributed by atoms with E-state index < -0.39 is 0 Å². The fourth-order valence-corrected chi connectivity index (χ4v) is 4.02. The molecule has 0 radical (unpaired) electrons. The minimum atomic E-state index is 0.195. The molecular formula is C20H33N3O2. The lowest BCUT2D eigenvalue weighted by molar-refractivity contribution is -0.0264. The third-order valence-corrected chi connectivity index (χ3v) is 5.66. The monoisotopic (exact) mass is 347 g/mol. The van der Waals surface area contributed by atoms with Gasteiger partial charge in [-0.25, -0.2) is 0 Å². The number of benzene rings is 1. The lowest BCUT2D eigenvalue weighted by Gasteiger charge is -2.48. The zero-order valence-electron chi connectivity index (χ0n) is 16.2. The van der Waals surface area contributed by atoms with E-state index in [2.05, 4.69) is 47.6 Å². The maximum absolute atomic E-state index is 5.51. The molecule has 3 rings (SSSR count). The summed E-state index contributed by atoms with van der Waals surface area (Å²) in [6.07, 6.45) is 0. The molecule has 1 atom stereocenters. The van der Waals surface area contributed by atoms with Crippen molar-refractivity contribution in [1.82, 2.24) is 9.80 Å². The van der Waals surface area contributed by atoms with Crippen molar-refractivity contribution in [2.24, 2.45) is 0 Å². The first kappa shape index (κ1) is 18.5. The molecule has 0 amide bonds. The zero-order chi connectivity index (χ0) is 17.9. The van der Waals surface area contributed by atoms with Gasteiger partial charge in [-0.3, -0.25) is 9.80 Å². The van der Waals surface area contributed by atoms with E-state index in [1.807, 2.05) is 12.1 Å². The Labute approximate surface area is 152 Å². The minimum absolute atomic E-state index is 0.195. The van der Waals surface area contributed by atoms with Crippen molar-refractivity contribution in [3.05, 3.63) is 24.3 Å². The SMILES string of the molecule is COc1ccc(N2CCN(CC(C)(C)N3CCOCC3)[C@H](C)C2)cc1. The quantitative estimate of drug-likeness (QED) is 0.815. The maximum atomic E-state index is 5.51. The molecular weight excluding hydrogens is 314 g/mol. The number of hydrogen-bond acceptors (Lipinski definition) is 5. The number of hydrogen-bond donors (Lipinski definition) is 0. The van der Waals surface area contributed by atoms with Crippen LogP contribution in [0.1, 0.15) is 20.8 Å². The Bertz CT molecular complexity index is 540. The van der Waals surface area contributed by atoms with Crippen LogP contribution in [0.2, 0.25) is 0 Å². The second-order valence-electron chi connectivity index (χ2n) is 7.88. The van der Waals surface area contributed by atoms with Gasteiger partial charge in [0.1, 0.15) is 5.75 Å². The fourth-order valence-electron chi connectivity index (χ4n) is 4.02. The first-order valence-electron chi connectivity index (χ1n) is 9.45. The number of methoxy groups -OCH3 is 1. The smallest absolute Gasteiger partial charge is 0.119 e. The van der Waals surface area contributed by atoms with E-state index in [0.29, 0.717) is 6.04 Å². The van der Waals surface area contributed by atoms with Crippen LogP contribution in [0, 0.1) is 0 Å².